The molecule has 0 fully saturated rings. The van der Waals surface area contributed by atoms with Gasteiger partial charge in [0.2, 0.25) is 0 Å². The van der Waals surface area contributed by atoms with Crippen molar-refractivity contribution in [3.05, 3.63) is 134 Å². The van der Waals surface area contributed by atoms with Gasteiger partial charge in [0.1, 0.15) is 5.82 Å². The largest absolute Gasteiger partial charge is 0.322 e. The molecule has 0 spiro atoms. The molecule has 0 saturated heterocycles. The number of urea groups is 1. The highest BCUT2D eigenvalue weighted by Gasteiger charge is 2.27. The minimum Gasteiger partial charge on any atom is -0.314 e. The van der Waals surface area contributed by atoms with Gasteiger partial charge < -0.3 is 10.2 Å². The highest BCUT2D eigenvalue weighted by Crippen LogP contribution is 2.27. The molecule has 4 aromatic carbocycles. The monoisotopic (exact) mass is 594 g/mol. The van der Waals surface area contributed by atoms with Crippen LogP contribution in [0.5, 0.6) is 0 Å². The molecule has 0 radical (unpaired) electrons. The number of rotatable bonds is 7. The average molecular weight is 596 g/mol. The third kappa shape index (κ3) is 5.70. The van der Waals surface area contributed by atoms with Crippen molar-refractivity contribution >= 4 is 38.6 Å². The zero-order valence-electron chi connectivity index (χ0n) is 22.8. The second-order valence-corrected chi connectivity index (χ2v) is 10.8. The smallest absolute Gasteiger partial charge is 0.314 e. The molecule has 0 saturated carbocycles. The van der Waals surface area contributed by atoms with Crippen molar-refractivity contribution < 1.29 is 4.79 Å². The van der Waals surface area contributed by atoms with Crippen LogP contribution in [0.2, 0.25) is 0 Å². The van der Waals surface area contributed by atoms with E-state index < -0.39 is 6.04 Å². The predicted molar refractivity (Wildman–Crippen MR) is 165 cm³/mol. The number of aromatic nitrogens is 2. The molecule has 1 N–H and O–H groups in total. The average Bonchev–Trinajstić information content (AvgIpc) is 2.96. The number of hydrogen-bond acceptors (Lipinski definition) is 3. The fourth-order valence-corrected chi connectivity index (χ4v) is 5.18. The van der Waals surface area contributed by atoms with Crippen LogP contribution in [-0.4, -0.2) is 27.0 Å². The van der Waals surface area contributed by atoms with Gasteiger partial charge >= 0.3 is 6.03 Å². The van der Waals surface area contributed by atoms with Crippen molar-refractivity contribution in [3.63, 3.8) is 0 Å². The van der Waals surface area contributed by atoms with Gasteiger partial charge in [-0.05, 0) is 96.2 Å². The lowest BCUT2D eigenvalue weighted by Crippen LogP contribution is -2.41. The minimum absolute atomic E-state index is 0.162. The van der Waals surface area contributed by atoms with Crippen LogP contribution in [0.1, 0.15) is 35.5 Å². The summed E-state index contributed by atoms with van der Waals surface area (Å²) in [5.74, 6) is 0.502. The van der Waals surface area contributed by atoms with Crippen LogP contribution in [0.15, 0.2) is 106 Å². The first-order valence-electron chi connectivity index (χ1n) is 13.3. The summed E-state index contributed by atoms with van der Waals surface area (Å²) >= 11 is 3.53. The van der Waals surface area contributed by atoms with Crippen LogP contribution in [-0.2, 0) is 6.42 Å². The van der Waals surface area contributed by atoms with Crippen LogP contribution in [0.4, 0.5) is 10.5 Å². The summed E-state index contributed by atoms with van der Waals surface area (Å²) in [6.07, 6.45) is 0.649. The van der Waals surface area contributed by atoms with E-state index in [1.165, 1.54) is 0 Å². The molecule has 1 unspecified atom stereocenters. The summed E-state index contributed by atoms with van der Waals surface area (Å²) in [6, 6.07) is 30.1. The van der Waals surface area contributed by atoms with Gasteiger partial charge in [-0.3, -0.25) is 9.36 Å². The van der Waals surface area contributed by atoms with E-state index in [4.69, 9.17) is 4.98 Å². The van der Waals surface area contributed by atoms with E-state index >= 15 is 0 Å². The number of benzene rings is 4. The van der Waals surface area contributed by atoms with E-state index in [0.29, 0.717) is 35.4 Å². The Hall–Kier alpha value is -4.23. The maximum atomic E-state index is 14.0. The van der Waals surface area contributed by atoms with Gasteiger partial charge in [0.25, 0.3) is 5.56 Å². The standard InChI is InChI=1S/C33H31BrN4O2/c1-22-17-18-26(21-23(22)2)38-31(35-29-15-9-7-13-27(29)32(38)39)24(3)37(20-19-25-11-5-4-6-12-25)33(40)36-30-16-10-8-14-28(30)34/h4-18,21,24H,19-20H2,1-3H3,(H,36,40). The van der Waals surface area contributed by atoms with Crippen LogP contribution in [0.3, 0.4) is 0 Å². The summed E-state index contributed by atoms with van der Waals surface area (Å²) in [5.41, 5.74) is 5.16. The van der Waals surface area contributed by atoms with Gasteiger partial charge in [-0.1, -0.05) is 60.7 Å². The van der Waals surface area contributed by atoms with Crippen molar-refractivity contribution in [1.82, 2.24) is 14.5 Å². The molecule has 5 aromatic rings. The molecule has 40 heavy (non-hydrogen) atoms. The third-order valence-corrected chi connectivity index (χ3v) is 7.94. The number of aryl methyl sites for hydroxylation is 2. The van der Waals surface area contributed by atoms with E-state index in [1.54, 1.807) is 15.5 Å². The second kappa shape index (κ2) is 11.9. The van der Waals surface area contributed by atoms with Crippen LogP contribution in [0, 0.1) is 13.8 Å². The topological polar surface area (TPSA) is 67.2 Å². The van der Waals surface area contributed by atoms with E-state index in [0.717, 1.165) is 26.9 Å². The summed E-state index contributed by atoms with van der Waals surface area (Å²) in [6.45, 7) is 6.43. The number of nitrogens with zero attached hydrogens (tertiary/aromatic N) is 3. The summed E-state index contributed by atoms with van der Waals surface area (Å²) in [7, 11) is 0. The van der Waals surface area contributed by atoms with Gasteiger partial charge in [-0.15, -0.1) is 0 Å². The Kier molecular flexibility index (Phi) is 8.12. The summed E-state index contributed by atoms with van der Waals surface area (Å²) in [4.78, 5) is 34.6. The van der Waals surface area contributed by atoms with Crippen molar-refractivity contribution in [2.45, 2.75) is 33.2 Å². The molecule has 7 heteroatoms. The molecule has 2 amide bonds. The van der Waals surface area contributed by atoms with E-state index in [-0.39, 0.29) is 11.6 Å². The molecule has 1 heterocycles. The Bertz CT molecular complexity index is 1730. The summed E-state index contributed by atoms with van der Waals surface area (Å²) in [5, 5.41) is 3.58. The first-order valence-corrected chi connectivity index (χ1v) is 14.1. The number of fused-ring (bicyclic) bond motifs is 1. The number of hydrogen-bond donors (Lipinski definition) is 1. The van der Waals surface area contributed by atoms with Crippen molar-refractivity contribution in [2.24, 2.45) is 0 Å². The molecule has 6 nitrogen and oxygen atoms in total. The number of carbonyl (C=O) groups is 1. The number of amides is 2. The van der Waals surface area contributed by atoms with Crippen LogP contribution < -0.4 is 10.9 Å². The summed E-state index contributed by atoms with van der Waals surface area (Å²) < 4.78 is 2.44. The molecular formula is C33H31BrN4O2. The third-order valence-electron chi connectivity index (χ3n) is 7.25. The molecule has 0 bridgehead atoms. The second-order valence-electron chi connectivity index (χ2n) is 9.91. The Labute approximate surface area is 242 Å². The molecule has 1 atom stereocenters. The number of nitrogens with one attached hydrogen (secondary N) is 1. The lowest BCUT2D eigenvalue weighted by Gasteiger charge is -2.31. The molecule has 5 rings (SSSR count). The lowest BCUT2D eigenvalue weighted by molar-refractivity contribution is 0.190. The molecule has 0 aliphatic heterocycles. The van der Waals surface area contributed by atoms with Gasteiger partial charge in [0.05, 0.1) is 28.3 Å². The zero-order valence-corrected chi connectivity index (χ0v) is 24.4. The quantitative estimate of drug-likeness (QED) is 0.211. The van der Waals surface area contributed by atoms with Gasteiger partial charge in [-0.2, -0.15) is 0 Å². The Morgan fingerprint density at radius 1 is 0.925 bits per heavy atom. The molecule has 202 valence electrons. The predicted octanol–water partition coefficient (Wildman–Crippen LogP) is 7.60. The Morgan fingerprint density at radius 3 is 2.38 bits per heavy atom. The van der Waals surface area contributed by atoms with E-state index in [9.17, 15) is 9.59 Å². The van der Waals surface area contributed by atoms with Gasteiger partial charge in [0, 0.05) is 11.0 Å². The first-order chi connectivity index (χ1) is 19.3. The Balaban J connectivity index is 1.62. The van der Waals surface area contributed by atoms with Crippen LogP contribution >= 0.6 is 15.9 Å². The van der Waals surface area contributed by atoms with E-state index in [1.807, 2.05) is 112 Å². The first kappa shape index (κ1) is 27.3. The number of para-hydroxylation sites is 2. The van der Waals surface area contributed by atoms with Crippen LogP contribution in [0.25, 0.3) is 16.6 Å². The molecular weight excluding hydrogens is 564 g/mol. The fourth-order valence-electron chi connectivity index (χ4n) is 4.80. The maximum Gasteiger partial charge on any atom is 0.322 e. The molecule has 1 aromatic heterocycles. The zero-order chi connectivity index (χ0) is 28.2. The number of carbonyl (C=O) groups excluding carboxylic acids is 1. The fraction of sp³-hybridized carbons (Fsp3) is 0.182. The minimum atomic E-state index is -0.523. The van der Waals surface area contributed by atoms with Crippen molar-refractivity contribution in [1.29, 1.82) is 0 Å². The normalized spacial score (nSPS) is 11.8. The van der Waals surface area contributed by atoms with Gasteiger partial charge in [-0.25, -0.2) is 9.78 Å². The Morgan fingerprint density at radius 2 is 1.62 bits per heavy atom. The van der Waals surface area contributed by atoms with Gasteiger partial charge in [0.15, 0.2) is 0 Å². The van der Waals surface area contributed by atoms with Crippen molar-refractivity contribution in [3.8, 4) is 5.69 Å². The molecule has 0 aliphatic rings. The number of halogens is 1. The van der Waals surface area contributed by atoms with E-state index in [2.05, 4.69) is 21.2 Å². The number of anilines is 1. The maximum absolute atomic E-state index is 14.0. The molecule has 0 aliphatic carbocycles. The highest BCUT2D eigenvalue weighted by molar-refractivity contribution is 9.10. The highest BCUT2D eigenvalue weighted by atomic mass is 79.9. The van der Waals surface area contributed by atoms with Crippen molar-refractivity contribution in [2.75, 3.05) is 11.9 Å². The SMILES string of the molecule is Cc1ccc(-n2c(C(C)N(CCc3ccccc3)C(=O)Nc3ccccc3Br)nc3ccccc3c2=O)cc1C. The lowest BCUT2D eigenvalue weighted by atomic mass is 10.1.